The number of hydrogen-bond donors (Lipinski definition) is 1. The van der Waals surface area contributed by atoms with E-state index in [4.69, 9.17) is 4.74 Å². The molecular formula is C25H31N3O3. The maximum atomic E-state index is 13.3. The zero-order valence-corrected chi connectivity index (χ0v) is 18.6. The van der Waals surface area contributed by atoms with Gasteiger partial charge in [0.05, 0.1) is 12.2 Å². The molecule has 0 radical (unpaired) electrons. The first-order valence-electron chi connectivity index (χ1n) is 11.2. The van der Waals surface area contributed by atoms with Crippen LogP contribution in [0.1, 0.15) is 37.3 Å². The van der Waals surface area contributed by atoms with Crippen molar-refractivity contribution in [3.05, 3.63) is 53.6 Å². The van der Waals surface area contributed by atoms with Crippen molar-refractivity contribution in [1.82, 2.24) is 4.90 Å². The fourth-order valence-electron chi connectivity index (χ4n) is 4.49. The Balaban J connectivity index is 1.38. The summed E-state index contributed by atoms with van der Waals surface area (Å²) in [5.41, 5.74) is 3.93. The van der Waals surface area contributed by atoms with Crippen molar-refractivity contribution in [2.45, 2.75) is 46.1 Å². The van der Waals surface area contributed by atoms with Gasteiger partial charge >= 0.3 is 6.03 Å². The lowest BCUT2D eigenvalue weighted by Crippen LogP contribution is -2.52. The molecule has 1 fully saturated rings. The van der Waals surface area contributed by atoms with Crippen LogP contribution in [0.25, 0.3) is 0 Å². The van der Waals surface area contributed by atoms with Gasteiger partial charge in [0.15, 0.2) is 0 Å². The summed E-state index contributed by atoms with van der Waals surface area (Å²) in [7, 11) is 0. The number of ether oxygens (including phenoxy) is 1. The SMILES string of the molecule is CC[C@H]1CN(C(=O)N2CCC(C(=O)Nc3cc(C)cc(C)c3)CC2)c2ccccc2O1. The van der Waals surface area contributed by atoms with Gasteiger partial charge < -0.3 is 15.0 Å². The van der Waals surface area contributed by atoms with Crippen LogP contribution in [-0.4, -0.2) is 42.6 Å². The molecular weight excluding hydrogens is 390 g/mol. The van der Waals surface area contributed by atoms with E-state index in [1.165, 1.54) is 0 Å². The Morgan fingerprint density at radius 1 is 1.06 bits per heavy atom. The van der Waals surface area contributed by atoms with Gasteiger partial charge in [-0.05, 0) is 68.5 Å². The van der Waals surface area contributed by atoms with Crippen molar-refractivity contribution in [3.8, 4) is 5.75 Å². The van der Waals surface area contributed by atoms with Gasteiger partial charge in [0.2, 0.25) is 5.91 Å². The lowest BCUT2D eigenvalue weighted by atomic mass is 9.95. The molecule has 6 heteroatoms. The van der Waals surface area contributed by atoms with Crippen molar-refractivity contribution in [2.75, 3.05) is 29.9 Å². The lowest BCUT2D eigenvalue weighted by molar-refractivity contribution is -0.121. The number of nitrogens with zero attached hydrogens (tertiary/aromatic N) is 2. The largest absolute Gasteiger partial charge is 0.486 e. The van der Waals surface area contributed by atoms with Gasteiger partial charge in [-0.2, -0.15) is 0 Å². The topological polar surface area (TPSA) is 61.9 Å². The number of fused-ring (bicyclic) bond motifs is 1. The minimum absolute atomic E-state index is 0.0000438. The Hall–Kier alpha value is -3.02. The third-order valence-corrected chi connectivity index (χ3v) is 6.15. The molecule has 2 aromatic carbocycles. The third kappa shape index (κ3) is 4.68. The average Bonchev–Trinajstić information content (AvgIpc) is 2.77. The number of likely N-dealkylation sites (tertiary alicyclic amines) is 1. The molecule has 2 heterocycles. The van der Waals surface area contributed by atoms with Crippen molar-refractivity contribution in [1.29, 1.82) is 0 Å². The average molecular weight is 422 g/mol. The summed E-state index contributed by atoms with van der Waals surface area (Å²) in [6, 6.07) is 13.8. The second kappa shape index (κ2) is 9.00. The molecule has 1 N–H and O–H groups in total. The molecule has 0 aromatic heterocycles. The molecule has 0 saturated carbocycles. The quantitative estimate of drug-likeness (QED) is 0.778. The van der Waals surface area contributed by atoms with Gasteiger partial charge in [0.25, 0.3) is 0 Å². The van der Waals surface area contributed by atoms with Crippen LogP contribution in [0.4, 0.5) is 16.2 Å². The van der Waals surface area contributed by atoms with Crippen LogP contribution in [0.15, 0.2) is 42.5 Å². The van der Waals surface area contributed by atoms with Crippen molar-refractivity contribution >= 4 is 23.3 Å². The summed E-state index contributed by atoms with van der Waals surface area (Å²) in [5.74, 6) is 0.724. The van der Waals surface area contributed by atoms with Crippen LogP contribution in [0.2, 0.25) is 0 Å². The number of anilines is 2. The first-order valence-corrected chi connectivity index (χ1v) is 11.2. The van der Waals surface area contributed by atoms with E-state index in [1.54, 1.807) is 0 Å². The molecule has 2 aliphatic rings. The molecule has 0 unspecified atom stereocenters. The predicted octanol–water partition coefficient (Wildman–Crippen LogP) is 4.75. The Morgan fingerprint density at radius 2 is 1.74 bits per heavy atom. The number of carbonyl (C=O) groups is 2. The highest BCUT2D eigenvalue weighted by atomic mass is 16.5. The number of carbonyl (C=O) groups excluding carboxylic acids is 2. The number of para-hydroxylation sites is 2. The molecule has 4 rings (SSSR count). The number of aryl methyl sites for hydroxylation is 2. The molecule has 2 aromatic rings. The zero-order valence-electron chi connectivity index (χ0n) is 18.6. The van der Waals surface area contributed by atoms with Gasteiger partial charge in [0.1, 0.15) is 11.9 Å². The monoisotopic (exact) mass is 421 g/mol. The molecule has 3 amide bonds. The van der Waals surface area contributed by atoms with Crippen molar-refractivity contribution in [3.63, 3.8) is 0 Å². The molecule has 164 valence electrons. The first kappa shape index (κ1) is 21.2. The van der Waals surface area contributed by atoms with E-state index in [2.05, 4.69) is 18.3 Å². The van der Waals surface area contributed by atoms with Gasteiger partial charge in [-0.3, -0.25) is 9.69 Å². The smallest absolute Gasteiger partial charge is 0.324 e. The number of urea groups is 1. The molecule has 31 heavy (non-hydrogen) atoms. The Morgan fingerprint density at radius 3 is 2.42 bits per heavy atom. The molecule has 0 spiro atoms. The number of nitrogens with one attached hydrogen (secondary N) is 1. The maximum absolute atomic E-state index is 13.3. The minimum Gasteiger partial charge on any atom is -0.486 e. The number of rotatable bonds is 3. The van der Waals surface area contributed by atoms with Crippen LogP contribution in [-0.2, 0) is 4.79 Å². The third-order valence-electron chi connectivity index (χ3n) is 6.15. The Bertz CT molecular complexity index is 946. The molecule has 6 nitrogen and oxygen atoms in total. The van der Waals surface area contributed by atoms with E-state index in [0.717, 1.165) is 34.7 Å². The highest BCUT2D eigenvalue weighted by molar-refractivity contribution is 5.95. The van der Waals surface area contributed by atoms with Crippen LogP contribution in [0.3, 0.4) is 0 Å². The zero-order chi connectivity index (χ0) is 22.0. The van der Waals surface area contributed by atoms with Gasteiger partial charge in [-0.15, -0.1) is 0 Å². The highest BCUT2D eigenvalue weighted by Gasteiger charge is 2.34. The van der Waals surface area contributed by atoms with Crippen LogP contribution >= 0.6 is 0 Å². The van der Waals surface area contributed by atoms with E-state index < -0.39 is 0 Å². The fraction of sp³-hybridized carbons (Fsp3) is 0.440. The highest BCUT2D eigenvalue weighted by Crippen LogP contribution is 2.35. The number of amides is 3. The molecule has 0 bridgehead atoms. The Labute approximate surface area is 184 Å². The van der Waals surface area contributed by atoms with E-state index in [0.29, 0.717) is 32.5 Å². The summed E-state index contributed by atoms with van der Waals surface area (Å²) in [5, 5.41) is 3.06. The number of hydrogen-bond acceptors (Lipinski definition) is 3. The second-order valence-electron chi connectivity index (χ2n) is 8.64. The number of benzene rings is 2. The number of piperidine rings is 1. The van der Waals surface area contributed by atoms with E-state index in [9.17, 15) is 9.59 Å². The standard InChI is InChI=1S/C25H31N3O3/c1-4-21-16-28(22-7-5-6-8-23(22)31-21)25(30)27-11-9-19(10-12-27)24(29)26-20-14-17(2)13-18(3)15-20/h5-8,13-15,19,21H,4,9-12,16H2,1-3H3,(H,26,29)/t21-/m0/s1. The maximum Gasteiger partial charge on any atom is 0.324 e. The van der Waals surface area contributed by atoms with Crippen LogP contribution in [0, 0.1) is 19.8 Å². The minimum atomic E-state index is -0.0785. The summed E-state index contributed by atoms with van der Waals surface area (Å²) in [6.07, 6.45) is 2.19. The summed E-state index contributed by atoms with van der Waals surface area (Å²) in [4.78, 5) is 29.8. The summed E-state index contributed by atoms with van der Waals surface area (Å²) in [6.45, 7) is 7.85. The fourth-order valence-corrected chi connectivity index (χ4v) is 4.49. The molecule has 1 saturated heterocycles. The van der Waals surface area contributed by atoms with Crippen LogP contribution < -0.4 is 15.0 Å². The van der Waals surface area contributed by atoms with Crippen LogP contribution in [0.5, 0.6) is 5.75 Å². The molecule has 0 aliphatic carbocycles. The van der Waals surface area contributed by atoms with E-state index in [1.807, 2.05) is 60.0 Å². The second-order valence-corrected chi connectivity index (χ2v) is 8.64. The van der Waals surface area contributed by atoms with Crippen molar-refractivity contribution in [2.24, 2.45) is 5.92 Å². The van der Waals surface area contributed by atoms with E-state index >= 15 is 0 Å². The molecule has 2 aliphatic heterocycles. The van der Waals surface area contributed by atoms with Gasteiger partial charge in [0, 0.05) is 24.7 Å². The van der Waals surface area contributed by atoms with Gasteiger partial charge in [-0.1, -0.05) is 25.1 Å². The van der Waals surface area contributed by atoms with E-state index in [-0.39, 0.29) is 24.0 Å². The van der Waals surface area contributed by atoms with Gasteiger partial charge in [-0.25, -0.2) is 4.79 Å². The Kier molecular flexibility index (Phi) is 6.16. The van der Waals surface area contributed by atoms with Crippen molar-refractivity contribution < 1.29 is 14.3 Å². The first-order chi connectivity index (χ1) is 14.9. The summed E-state index contributed by atoms with van der Waals surface area (Å²) >= 11 is 0. The normalized spacial score (nSPS) is 18.9. The summed E-state index contributed by atoms with van der Waals surface area (Å²) < 4.78 is 6.01. The lowest BCUT2D eigenvalue weighted by Gasteiger charge is -2.39. The molecule has 1 atom stereocenters. The predicted molar refractivity (Wildman–Crippen MR) is 123 cm³/mol.